The van der Waals surface area contributed by atoms with Gasteiger partial charge in [0.05, 0.1) is 6.61 Å². The average Bonchev–Trinajstić information content (AvgIpc) is 2.21. The lowest BCUT2D eigenvalue weighted by atomic mass is 10.3. The maximum atomic E-state index is 13.1. The van der Waals surface area contributed by atoms with Gasteiger partial charge in [0.1, 0.15) is 6.04 Å². The van der Waals surface area contributed by atoms with Gasteiger partial charge < -0.3 is 10.1 Å². The zero-order valence-electron chi connectivity index (χ0n) is 8.66. The summed E-state index contributed by atoms with van der Waals surface area (Å²) >= 11 is 0. The van der Waals surface area contributed by atoms with E-state index in [9.17, 15) is 9.18 Å². The van der Waals surface area contributed by atoms with E-state index in [-0.39, 0.29) is 5.82 Å². The molecule has 0 aliphatic carbocycles. The normalized spacial score (nSPS) is 11.9. The zero-order valence-corrected chi connectivity index (χ0v) is 8.66. The third-order valence-electron chi connectivity index (χ3n) is 1.75. The van der Waals surface area contributed by atoms with E-state index in [1.807, 2.05) is 0 Å². The molecule has 5 heteroatoms. The van der Waals surface area contributed by atoms with E-state index in [0.717, 1.165) is 0 Å². The first-order valence-corrected chi connectivity index (χ1v) is 4.68. The average molecular weight is 212 g/mol. The molecule has 1 heterocycles. The summed E-state index contributed by atoms with van der Waals surface area (Å²) in [6.45, 7) is 3.60. The summed E-state index contributed by atoms with van der Waals surface area (Å²) in [7, 11) is 0. The van der Waals surface area contributed by atoms with Crippen molar-refractivity contribution in [1.29, 1.82) is 0 Å². The zero-order chi connectivity index (χ0) is 11.3. The Morgan fingerprint density at radius 1 is 1.73 bits per heavy atom. The smallest absolute Gasteiger partial charge is 0.328 e. The van der Waals surface area contributed by atoms with Crippen LogP contribution in [-0.4, -0.2) is 23.6 Å². The number of carbonyl (C=O) groups is 1. The number of aromatic nitrogens is 1. The van der Waals surface area contributed by atoms with Crippen molar-refractivity contribution in [1.82, 2.24) is 4.98 Å². The molecule has 0 fully saturated rings. The second-order valence-corrected chi connectivity index (χ2v) is 2.95. The highest BCUT2D eigenvalue weighted by Gasteiger charge is 2.15. The molecule has 82 valence electrons. The number of ether oxygens (including phenoxy) is 1. The monoisotopic (exact) mass is 212 g/mol. The Morgan fingerprint density at radius 2 is 2.47 bits per heavy atom. The number of hydrogen-bond donors (Lipinski definition) is 1. The summed E-state index contributed by atoms with van der Waals surface area (Å²) in [4.78, 5) is 15.0. The highest BCUT2D eigenvalue weighted by atomic mass is 19.1. The number of anilines is 1. The van der Waals surface area contributed by atoms with E-state index >= 15 is 0 Å². The molecule has 15 heavy (non-hydrogen) atoms. The fourth-order valence-electron chi connectivity index (χ4n) is 1.02. The molecule has 0 spiro atoms. The number of hydrogen-bond acceptors (Lipinski definition) is 4. The Balaban J connectivity index is 2.62. The van der Waals surface area contributed by atoms with E-state index < -0.39 is 17.8 Å². The number of nitrogens with one attached hydrogen (secondary N) is 1. The minimum absolute atomic E-state index is 0.0538. The largest absolute Gasteiger partial charge is 0.464 e. The number of carbonyl (C=O) groups excluding carboxylic acids is 1. The Morgan fingerprint density at radius 3 is 3.07 bits per heavy atom. The standard InChI is InChI=1S/C10H13FN2O2/c1-3-15-10(14)7(2)13-9-8(11)5-4-6-12-9/h4-7H,3H2,1-2H3,(H,12,13). The van der Waals surface area contributed by atoms with Gasteiger partial charge in [0.25, 0.3) is 0 Å². The highest BCUT2D eigenvalue weighted by Crippen LogP contribution is 2.10. The summed E-state index contributed by atoms with van der Waals surface area (Å²) in [6.07, 6.45) is 1.45. The van der Waals surface area contributed by atoms with Crippen molar-refractivity contribution in [3.63, 3.8) is 0 Å². The minimum atomic E-state index is -0.616. The van der Waals surface area contributed by atoms with Crippen molar-refractivity contribution in [3.8, 4) is 0 Å². The molecule has 0 amide bonds. The Labute approximate surface area is 87.5 Å². The number of nitrogens with zero attached hydrogens (tertiary/aromatic N) is 1. The molecule has 1 N–H and O–H groups in total. The van der Waals surface area contributed by atoms with Crippen LogP contribution in [0.2, 0.25) is 0 Å². The van der Waals surface area contributed by atoms with Crippen molar-refractivity contribution in [2.75, 3.05) is 11.9 Å². The minimum Gasteiger partial charge on any atom is -0.464 e. The van der Waals surface area contributed by atoms with Crippen LogP contribution in [0.25, 0.3) is 0 Å². The summed E-state index contributed by atoms with van der Waals surface area (Å²) < 4.78 is 17.9. The molecule has 1 aromatic heterocycles. The van der Waals surface area contributed by atoms with Crippen molar-refractivity contribution in [3.05, 3.63) is 24.1 Å². The van der Waals surface area contributed by atoms with Crippen LogP contribution in [0.5, 0.6) is 0 Å². The van der Waals surface area contributed by atoms with Gasteiger partial charge >= 0.3 is 5.97 Å². The van der Waals surface area contributed by atoms with E-state index in [1.54, 1.807) is 13.8 Å². The summed E-state index contributed by atoms with van der Waals surface area (Å²) in [6, 6.07) is 2.14. The summed E-state index contributed by atoms with van der Waals surface area (Å²) in [5, 5.41) is 2.63. The lowest BCUT2D eigenvalue weighted by Gasteiger charge is -2.13. The Hall–Kier alpha value is -1.65. The van der Waals surface area contributed by atoms with Crippen LogP contribution >= 0.6 is 0 Å². The maximum Gasteiger partial charge on any atom is 0.328 e. The molecule has 0 radical (unpaired) electrons. The van der Waals surface area contributed by atoms with Gasteiger partial charge in [-0.3, -0.25) is 0 Å². The van der Waals surface area contributed by atoms with E-state index in [4.69, 9.17) is 4.74 Å². The molecule has 0 saturated carbocycles. The molecule has 0 aliphatic heterocycles. The first-order valence-electron chi connectivity index (χ1n) is 4.68. The topological polar surface area (TPSA) is 51.2 Å². The van der Waals surface area contributed by atoms with Crippen LogP contribution in [0, 0.1) is 5.82 Å². The van der Waals surface area contributed by atoms with Crippen LogP contribution in [0.4, 0.5) is 10.2 Å². The third-order valence-corrected chi connectivity index (χ3v) is 1.75. The van der Waals surface area contributed by atoms with Gasteiger partial charge in [-0.15, -0.1) is 0 Å². The van der Waals surface area contributed by atoms with Gasteiger partial charge in [-0.2, -0.15) is 0 Å². The first-order chi connectivity index (χ1) is 7.15. The number of pyridine rings is 1. The van der Waals surface area contributed by atoms with Gasteiger partial charge in [0, 0.05) is 6.20 Å². The van der Waals surface area contributed by atoms with Crippen LogP contribution < -0.4 is 5.32 Å². The lowest BCUT2D eigenvalue weighted by molar-refractivity contribution is -0.143. The Kier molecular flexibility index (Phi) is 4.03. The highest BCUT2D eigenvalue weighted by molar-refractivity contribution is 5.78. The molecular weight excluding hydrogens is 199 g/mol. The van der Waals surface area contributed by atoms with Crippen LogP contribution in [-0.2, 0) is 9.53 Å². The third kappa shape index (κ3) is 3.19. The predicted octanol–water partition coefficient (Wildman–Crippen LogP) is 1.58. The Bertz CT molecular complexity index is 344. The maximum absolute atomic E-state index is 13.1. The molecular formula is C10H13FN2O2. The van der Waals surface area contributed by atoms with Gasteiger partial charge in [-0.25, -0.2) is 14.2 Å². The fourth-order valence-corrected chi connectivity index (χ4v) is 1.02. The molecule has 0 saturated heterocycles. The molecule has 0 aromatic carbocycles. The van der Waals surface area contributed by atoms with Gasteiger partial charge in [0.15, 0.2) is 11.6 Å². The molecule has 0 bridgehead atoms. The predicted molar refractivity (Wildman–Crippen MR) is 53.9 cm³/mol. The van der Waals surface area contributed by atoms with Crippen LogP contribution in [0.3, 0.4) is 0 Å². The van der Waals surface area contributed by atoms with Gasteiger partial charge in [0.2, 0.25) is 0 Å². The van der Waals surface area contributed by atoms with Crippen molar-refractivity contribution in [2.24, 2.45) is 0 Å². The fraction of sp³-hybridized carbons (Fsp3) is 0.400. The van der Waals surface area contributed by atoms with Gasteiger partial charge in [-0.1, -0.05) is 0 Å². The first kappa shape index (κ1) is 11.4. The number of rotatable bonds is 4. The SMILES string of the molecule is CCOC(=O)C(C)Nc1ncccc1F. The summed E-state index contributed by atoms with van der Waals surface area (Å²) in [5.41, 5.74) is 0. The van der Waals surface area contributed by atoms with Gasteiger partial charge in [-0.05, 0) is 26.0 Å². The van der Waals surface area contributed by atoms with Crippen molar-refractivity contribution in [2.45, 2.75) is 19.9 Å². The quantitative estimate of drug-likeness (QED) is 0.770. The van der Waals surface area contributed by atoms with E-state index in [1.165, 1.54) is 18.3 Å². The van der Waals surface area contributed by atoms with Crippen LogP contribution in [0.15, 0.2) is 18.3 Å². The second kappa shape index (κ2) is 5.29. The molecule has 1 aromatic rings. The summed E-state index contributed by atoms with van der Waals surface area (Å²) in [5.74, 6) is -0.866. The number of esters is 1. The van der Waals surface area contributed by atoms with Crippen LogP contribution in [0.1, 0.15) is 13.8 Å². The molecule has 1 unspecified atom stereocenters. The molecule has 0 aliphatic rings. The van der Waals surface area contributed by atoms with Crippen molar-refractivity contribution >= 4 is 11.8 Å². The van der Waals surface area contributed by atoms with E-state index in [0.29, 0.717) is 6.61 Å². The number of halogens is 1. The molecule has 1 atom stereocenters. The lowest BCUT2D eigenvalue weighted by Crippen LogP contribution is -2.28. The molecule has 1 rings (SSSR count). The van der Waals surface area contributed by atoms with Crippen molar-refractivity contribution < 1.29 is 13.9 Å². The molecule has 4 nitrogen and oxygen atoms in total. The van der Waals surface area contributed by atoms with E-state index in [2.05, 4.69) is 10.3 Å². The second-order valence-electron chi connectivity index (χ2n) is 2.95.